The van der Waals surface area contributed by atoms with Gasteiger partial charge in [-0.2, -0.15) is 0 Å². The van der Waals surface area contributed by atoms with Crippen LogP contribution in [-0.2, 0) is 10.3 Å². The second kappa shape index (κ2) is 12.5. The fourth-order valence-electron chi connectivity index (χ4n) is 5.69. The van der Waals surface area contributed by atoms with E-state index in [9.17, 15) is 9.59 Å². The summed E-state index contributed by atoms with van der Waals surface area (Å²) < 4.78 is 0. The molecule has 3 aromatic carbocycles. The van der Waals surface area contributed by atoms with Gasteiger partial charge in [0.1, 0.15) is 0 Å². The van der Waals surface area contributed by atoms with E-state index in [1.807, 2.05) is 92.5 Å². The third kappa shape index (κ3) is 6.14. The zero-order valence-electron chi connectivity index (χ0n) is 22.4. The first-order valence-corrected chi connectivity index (χ1v) is 14.1. The number of hydrogen-bond donors (Lipinski definition) is 0. The molecule has 0 N–H and O–H groups in total. The summed E-state index contributed by atoms with van der Waals surface area (Å²) >= 11 is 12.7. The van der Waals surface area contributed by atoms with Gasteiger partial charge in [-0.3, -0.25) is 14.5 Å². The van der Waals surface area contributed by atoms with E-state index in [-0.39, 0.29) is 29.2 Å². The van der Waals surface area contributed by atoms with Crippen LogP contribution in [0.2, 0.25) is 10.0 Å². The van der Waals surface area contributed by atoms with Crippen LogP contribution in [0.3, 0.4) is 0 Å². The normalized spacial score (nSPS) is 16.3. The lowest BCUT2D eigenvalue weighted by Crippen LogP contribution is -2.55. The molecule has 0 spiro atoms. The van der Waals surface area contributed by atoms with Crippen molar-refractivity contribution in [2.24, 2.45) is 5.92 Å². The molecule has 1 unspecified atom stereocenters. The van der Waals surface area contributed by atoms with Crippen molar-refractivity contribution in [3.8, 4) is 0 Å². The number of ketones is 1. The highest BCUT2D eigenvalue weighted by Gasteiger charge is 2.43. The van der Waals surface area contributed by atoms with Crippen molar-refractivity contribution in [3.05, 3.63) is 106 Å². The van der Waals surface area contributed by atoms with E-state index >= 15 is 0 Å². The zero-order valence-corrected chi connectivity index (χ0v) is 23.9. The lowest BCUT2D eigenvalue weighted by atomic mass is 9.78. The molecule has 1 heterocycles. The molecule has 1 fully saturated rings. The standard InChI is InChI=1S/C32H36Cl2N2O2/c1-23(2)31(38)35(3)32(26-12-8-5-9-13-26)18-20-36(21-19-32)29(25-14-15-27(33)28(34)22-25)16-17-30(37)24-10-6-4-7-11-24/h4-15,22-23,29H,16-21H2,1-3H3. The van der Waals surface area contributed by atoms with E-state index in [1.54, 1.807) is 0 Å². The Labute approximate surface area is 236 Å². The first-order chi connectivity index (χ1) is 18.2. The molecule has 1 aliphatic heterocycles. The Kier molecular flexibility index (Phi) is 9.30. The van der Waals surface area contributed by atoms with Crippen LogP contribution < -0.4 is 0 Å². The summed E-state index contributed by atoms with van der Waals surface area (Å²) in [6.07, 6.45) is 2.71. The van der Waals surface area contributed by atoms with Gasteiger partial charge < -0.3 is 4.90 Å². The van der Waals surface area contributed by atoms with Crippen molar-refractivity contribution in [2.45, 2.75) is 51.1 Å². The SMILES string of the molecule is CC(C)C(=O)N(C)C1(c2ccccc2)CCN(C(CCC(=O)c2ccccc2)c2ccc(Cl)c(Cl)c2)CC1. The molecule has 4 nitrogen and oxygen atoms in total. The van der Waals surface area contributed by atoms with Gasteiger partial charge >= 0.3 is 0 Å². The predicted octanol–water partition coefficient (Wildman–Crippen LogP) is 7.80. The van der Waals surface area contributed by atoms with Gasteiger partial charge in [-0.1, -0.05) is 104 Å². The summed E-state index contributed by atoms with van der Waals surface area (Å²) in [6.45, 7) is 5.48. The van der Waals surface area contributed by atoms with E-state index < -0.39 is 0 Å². The Morgan fingerprint density at radius 3 is 2.08 bits per heavy atom. The van der Waals surface area contributed by atoms with Crippen molar-refractivity contribution >= 4 is 34.9 Å². The quantitative estimate of drug-likeness (QED) is 0.255. The maximum Gasteiger partial charge on any atom is 0.225 e. The first-order valence-electron chi connectivity index (χ1n) is 13.3. The molecule has 4 rings (SSSR count). The molecule has 3 aromatic rings. The maximum absolute atomic E-state index is 13.2. The molecule has 1 amide bonds. The number of Topliss-reactive ketones (excluding diaryl/α,β-unsaturated/α-hetero) is 1. The van der Waals surface area contributed by atoms with Crippen LogP contribution in [0.5, 0.6) is 0 Å². The predicted molar refractivity (Wildman–Crippen MR) is 156 cm³/mol. The fourth-order valence-corrected chi connectivity index (χ4v) is 5.99. The van der Waals surface area contributed by atoms with E-state index in [4.69, 9.17) is 23.2 Å². The average Bonchev–Trinajstić information content (AvgIpc) is 2.95. The number of carbonyl (C=O) groups excluding carboxylic acids is 2. The monoisotopic (exact) mass is 550 g/mol. The van der Waals surface area contributed by atoms with Crippen LogP contribution >= 0.6 is 23.2 Å². The molecule has 1 saturated heterocycles. The lowest BCUT2D eigenvalue weighted by molar-refractivity contribution is -0.142. The number of piperidine rings is 1. The summed E-state index contributed by atoms with van der Waals surface area (Å²) in [4.78, 5) is 30.6. The van der Waals surface area contributed by atoms with Crippen LogP contribution in [0, 0.1) is 5.92 Å². The van der Waals surface area contributed by atoms with E-state index in [2.05, 4.69) is 17.0 Å². The minimum atomic E-state index is -0.374. The third-order valence-corrected chi connectivity index (χ3v) is 8.65. The Balaban J connectivity index is 1.60. The summed E-state index contributed by atoms with van der Waals surface area (Å²) in [5, 5.41) is 1.03. The molecule has 0 aliphatic carbocycles. The molecular formula is C32H36Cl2N2O2. The summed E-state index contributed by atoms with van der Waals surface area (Å²) in [7, 11) is 1.94. The third-order valence-electron chi connectivity index (χ3n) is 7.91. The lowest BCUT2D eigenvalue weighted by Gasteiger charge is -2.50. The molecule has 0 bridgehead atoms. The molecule has 1 aliphatic rings. The van der Waals surface area contributed by atoms with Gasteiger partial charge in [0, 0.05) is 44.1 Å². The molecule has 6 heteroatoms. The number of amides is 1. The van der Waals surface area contributed by atoms with Crippen molar-refractivity contribution in [2.75, 3.05) is 20.1 Å². The van der Waals surface area contributed by atoms with Crippen LogP contribution in [-0.4, -0.2) is 41.6 Å². The van der Waals surface area contributed by atoms with Gasteiger partial charge in [-0.15, -0.1) is 0 Å². The number of likely N-dealkylation sites (tertiary alicyclic amines) is 1. The molecule has 0 radical (unpaired) electrons. The molecule has 0 aromatic heterocycles. The van der Waals surface area contributed by atoms with Gasteiger partial charge in [-0.25, -0.2) is 0 Å². The van der Waals surface area contributed by atoms with Gasteiger partial charge in [0.2, 0.25) is 5.91 Å². The molecular weight excluding hydrogens is 515 g/mol. The smallest absolute Gasteiger partial charge is 0.225 e. The maximum atomic E-state index is 13.2. The number of hydrogen-bond acceptors (Lipinski definition) is 3. The van der Waals surface area contributed by atoms with Crippen LogP contribution in [0.25, 0.3) is 0 Å². The van der Waals surface area contributed by atoms with Crippen molar-refractivity contribution in [1.82, 2.24) is 9.80 Å². The van der Waals surface area contributed by atoms with E-state index in [1.165, 1.54) is 5.56 Å². The Hall–Kier alpha value is -2.66. The van der Waals surface area contributed by atoms with E-state index in [0.29, 0.717) is 22.9 Å². The molecule has 200 valence electrons. The number of carbonyl (C=O) groups is 2. The Morgan fingerprint density at radius 1 is 0.895 bits per heavy atom. The Morgan fingerprint density at radius 2 is 1.50 bits per heavy atom. The highest BCUT2D eigenvalue weighted by molar-refractivity contribution is 6.42. The minimum absolute atomic E-state index is 0.0114. The van der Waals surface area contributed by atoms with E-state index in [0.717, 1.165) is 37.1 Å². The minimum Gasteiger partial charge on any atom is -0.336 e. The fraction of sp³-hybridized carbons (Fsp3) is 0.375. The number of rotatable bonds is 9. The van der Waals surface area contributed by atoms with Crippen molar-refractivity contribution in [1.29, 1.82) is 0 Å². The second-order valence-corrected chi connectivity index (χ2v) is 11.3. The highest BCUT2D eigenvalue weighted by atomic mass is 35.5. The van der Waals surface area contributed by atoms with Crippen molar-refractivity contribution in [3.63, 3.8) is 0 Å². The number of halogens is 2. The molecule has 1 atom stereocenters. The number of benzene rings is 3. The van der Waals surface area contributed by atoms with Gasteiger partial charge in [-0.05, 0) is 42.5 Å². The first kappa shape index (κ1) is 28.4. The molecule has 38 heavy (non-hydrogen) atoms. The summed E-state index contributed by atoms with van der Waals surface area (Å²) in [6, 6.07) is 25.6. The highest BCUT2D eigenvalue weighted by Crippen LogP contribution is 2.42. The van der Waals surface area contributed by atoms with Gasteiger partial charge in [0.05, 0.1) is 15.6 Å². The largest absolute Gasteiger partial charge is 0.336 e. The summed E-state index contributed by atoms with van der Waals surface area (Å²) in [5.41, 5.74) is 2.58. The number of nitrogens with zero attached hydrogens (tertiary/aromatic N) is 2. The zero-order chi connectivity index (χ0) is 27.3. The van der Waals surface area contributed by atoms with Crippen LogP contribution in [0.15, 0.2) is 78.9 Å². The Bertz CT molecular complexity index is 1240. The van der Waals surface area contributed by atoms with Gasteiger partial charge in [0.25, 0.3) is 0 Å². The van der Waals surface area contributed by atoms with Crippen LogP contribution in [0.1, 0.15) is 67.1 Å². The summed E-state index contributed by atoms with van der Waals surface area (Å²) in [5.74, 6) is 0.205. The van der Waals surface area contributed by atoms with Crippen LogP contribution in [0.4, 0.5) is 0 Å². The second-order valence-electron chi connectivity index (χ2n) is 10.5. The molecule has 0 saturated carbocycles. The van der Waals surface area contributed by atoms with Crippen molar-refractivity contribution < 1.29 is 9.59 Å². The average molecular weight is 552 g/mol. The topological polar surface area (TPSA) is 40.6 Å². The van der Waals surface area contributed by atoms with Gasteiger partial charge in [0.15, 0.2) is 5.78 Å².